The van der Waals surface area contributed by atoms with Gasteiger partial charge in [-0.15, -0.1) is 0 Å². The number of halogens is 3. The first-order valence-electron chi connectivity index (χ1n) is 10.8. The zero-order valence-electron chi connectivity index (χ0n) is 17.7. The van der Waals surface area contributed by atoms with E-state index in [1.54, 1.807) is 29.2 Å². The van der Waals surface area contributed by atoms with Crippen molar-refractivity contribution in [1.82, 2.24) is 9.88 Å². The second kappa shape index (κ2) is 9.77. The van der Waals surface area contributed by atoms with Crippen LogP contribution in [0.25, 0.3) is 0 Å². The molecule has 0 aliphatic carbocycles. The number of hydrogen-bond donors (Lipinski definition) is 0. The maximum absolute atomic E-state index is 12.9. The molecule has 1 unspecified atom stereocenters. The van der Waals surface area contributed by atoms with Crippen LogP contribution in [-0.2, 0) is 10.9 Å². The van der Waals surface area contributed by atoms with Crippen molar-refractivity contribution in [3.05, 3.63) is 53.7 Å². The van der Waals surface area contributed by atoms with Gasteiger partial charge in [-0.25, -0.2) is 4.98 Å². The van der Waals surface area contributed by atoms with E-state index in [-0.39, 0.29) is 12.0 Å². The minimum Gasteiger partial charge on any atom is -0.491 e. The van der Waals surface area contributed by atoms with E-state index in [2.05, 4.69) is 4.98 Å². The summed E-state index contributed by atoms with van der Waals surface area (Å²) in [6.07, 6.45) is -0.648. The Hall–Kier alpha value is -2.81. The van der Waals surface area contributed by atoms with Gasteiger partial charge in [-0.3, -0.25) is 4.79 Å². The molecule has 0 spiro atoms. The minimum absolute atomic E-state index is 0.0714. The maximum atomic E-state index is 12.9. The van der Waals surface area contributed by atoms with Crippen molar-refractivity contribution < 1.29 is 27.4 Å². The molecule has 0 bridgehead atoms. The summed E-state index contributed by atoms with van der Waals surface area (Å²) in [6.45, 7) is 3.47. The Balaban J connectivity index is 1.32. The molecule has 2 aliphatic rings. The van der Waals surface area contributed by atoms with Crippen molar-refractivity contribution in [3.8, 4) is 5.75 Å². The molecule has 3 heterocycles. The van der Waals surface area contributed by atoms with E-state index >= 15 is 0 Å². The number of carbonyl (C=O) groups excluding carboxylic acids is 1. The Bertz CT molecular complexity index is 897. The summed E-state index contributed by atoms with van der Waals surface area (Å²) in [7, 11) is 0. The molecule has 1 amide bonds. The van der Waals surface area contributed by atoms with E-state index in [0.29, 0.717) is 56.3 Å². The summed E-state index contributed by atoms with van der Waals surface area (Å²) in [6, 6.07) is 9.52. The van der Waals surface area contributed by atoms with Crippen LogP contribution in [0.5, 0.6) is 5.75 Å². The number of nitrogens with zero attached hydrogens (tertiary/aromatic N) is 3. The molecule has 32 heavy (non-hydrogen) atoms. The third-order valence-corrected chi connectivity index (χ3v) is 5.74. The van der Waals surface area contributed by atoms with E-state index in [1.165, 1.54) is 6.07 Å². The number of benzene rings is 1. The summed E-state index contributed by atoms with van der Waals surface area (Å²) in [4.78, 5) is 20.6. The Morgan fingerprint density at radius 2 is 1.88 bits per heavy atom. The average Bonchev–Trinajstić information content (AvgIpc) is 3.20. The van der Waals surface area contributed by atoms with Crippen LogP contribution < -0.4 is 9.64 Å². The van der Waals surface area contributed by atoms with Crippen LogP contribution in [0.4, 0.5) is 19.0 Å². The summed E-state index contributed by atoms with van der Waals surface area (Å²) in [5.41, 5.74) is -0.188. The lowest BCUT2D eigenvalue weighted by Gasteiger charge is -2.23. The molecule has 0 N–H and O–H groups in total. The van der Waals surface area contributed by atoms with Crippen LogP contribution in [0.1, 0.15) is 35.2 Å². The van der Waals surface area contributed by atoms with Gasteiger partial charge in [-0.2, -0.15) is 13.2 Å². The Morgan fingerprint density at radius 3 is 2.53 bits per heavy atom. The molecule has 172 valence electrons. The van der Waals surface area contributed by atoms with Crippen LogP contribution in [0, 0.1) is 0 Å². The first-order valence-corrected chi connectivity index (χ1v) is 10.8. The number of carbonyl (C=O) groups is 1. The van der Waals surface area contributed by atoms with Gasteiger partial charge in [-0.05, 0) is 55.7 Å². The van der Waals surface area contributed by atoms with Gasteiger partial charge in [0.05, 0.1) is 11.7 Å². The van der Waals surface area contributed by atoms with Gasteiger partial charge in [-0.1, -0.05) is 0 Å². The third-order valence-electron chi connectivity index (χ3n) is 5.74. The predicted molar refractivity (Wildman–Crippen MR) is 113 cm³/mol. The Labute approximate surface area is 184 Å². The highest BCUT2D eigenvalue weighted by Gasteiger charge is 2.31. The van der Waals surface area contributed by atoms with E-state index in [0.717, 1.165) is 31.7 Å². The number of rotatable bonds is 5. The topological polar surface area (TPSA) is 54.9 Å². The quantitative estimate of drug-likeness (QED) is 0.691. The fourth-order valence-corrected chi connectivity index (χ4v) is 3.93. The average molecular weight is 449 g/mol. The van der Waals surface area contributed by atoms with Crippen molar-refractivity contribution in [2.75, 3.05) is 44.3 Å². The van der Waals surface area contributed by atoms with Gasteiger partial charge in [0.2, 0.25) is 0 Å². The molecule has 0 saturated carbocycles. The normalized spacial score (nSPS) is 19.7. The van der Waals surface area contributed by atoms with Crippen LogP contribution in [0.3, 0.4) is 0 Å². The van der Waals surface area contributed by atoms with E-state index in [1.807, 2.05) is 4.90 Å². The molecule has 6 nitrogen and oxygen atoms in total. The molecule has 2 aliphatic heterocycles. The first-order chi connectivity index (χ1) is 15.4. The molecule has 2 fully saturated rings. The lowest BCUT2D eigenvalue weighted by atomic mass is 10.2. The standard InChI is InChI=1S/C23H26F3N3O3/c24-23(25,26)18-6-9-21(27-15-18)28-10-2-11-29(13-12-28)22(30)17-4-7-19(8-5-17)32-16-20-3-1-14-31-20/h4-9,15,20H,1-3,10-14,16H2. The van der Waals surface area contributed by atoms with Crippen LogP contribution >= 0.6 is 0 Å². The largest absolute Gasteiger partial charge is 0.491 e. The fourth-order valence-electron chi connectivity index (χ4n) is 3.93. The maximum Gasteiger partial charge on any atom is 0.417 e. The monoisotopic (exact) mass is 449 g/mol. The molecule has 1 aromatic carbocycles. The van der Waals surface area contributed by atoms with Crippen LogP contribution in [0.2, 0.25) is 0 Å². The van der Waals surface area contributed by atoms with Crippen molar-refractivity contribution in [1.29, 1.82) is 0 Å². The summed E-state index contributed by atoms with van der Waals surface area (Å²) < 4.78 is 49.6. The highest BCUT2D eigenvalue weighted by molar-refractivity contribution is 5.94. The van der Waals surface area contributed by atoms with Crippen molar-refractivity contribution >= 4 is 11.7 Å². The minimum atomic E-state index is -4.40. The number of alkyl halides is 3. The molecule has 1 atom stereocenters. The van der Waals surface area contributed by atoms with Gasteiger partial charge in [0.25, 0.3) is 5.91 Å². The Morgan fingerprint density at radius 1 is 1.06 bits per heavy atom. The molecule has 2 saturated heterocycles. The zero-order valence-corrected chi connectivity index (χ0v) is 17.7. The smallest absolute Gasteiger partial charge is 0.417 e. The number of aromatic nitrogens is 1. The Kier molecular flexibility index (Phi) is 6.83. The first kappa shape index (κ1) is 22.4. The fraction of sp³-hybridized carbons (Fsp3) is 0.478. The van der Waals surface area contributed by atoms with Crippen molar-refractivity contribution in [2.45, 2.75) is 31.5 Å². The number of anilines is 1. The number of pyridine rings is 1. The molecular formula is C23H26F3N3O3. The molecule has 1 aromatic heterocycles. The predicted octanol–water partition coefficient (Wildman–Crippen LogP) is 4.01. The zero-order chi connectivity index (χ0) is 22.6. The number of amides is 1. The van der Waals surface area contributed by atoms with Crippen LogP contribution in [0.15, 0.2) is 42.6 Å². The second-order valence-electron chi connectivity index (χ2n) is 8.01. The summed E-state index contributed by atoms with van der Waals surface area (Å²) in [5, 5.41) is 0. The molecular weight excluding hydrogens is 423 g/mol. The van der Waals surface area contributed by atoms with Crippen molar-refractivity contribution in [3.63, 3.8) is 0 Å². The van der Waals surface area contributed by atoms with E-state index in [9.17, 15) is 18.0 Å². The van der Waals surface area contributed by atoms with Crippen molar-refractivity contribution in [2.24, 2.45) is 0 Å². The van der Waals surface area contributed by atoms with Gasteiger partial charge < -0.3 is 19.3 Å². The van der Waals surface area contributed by atoms with Gasteiger partial charge in [0, 0.05) is 44.5 Å². The highest BCUT2D eigenvalue weighted by atomic mass is 19.4. The van der Waals surface area contributed by atoms with Gasteiger partial charge in [0.15, 0.2) is 0 Å². The third kappa shape index (κ3) is 5.51. The lowest BCUT2D eigenvalue weighted by Crippen LogP contribution is -2.35. The molecule has 4 rings (SSSR count). The number of hydrogen-bond acceptors (Lipinski definition) is 5. The highest BCUT2D eigenvalue weighted by Crippen LogP contribution is 2.29. The summed E-state index contributed by atoms with van der Waals surface area (Å²) in [5.74, 6) is 1.12. The van der Waals surface area contributed by atoms with E-state index < -0.39 is 11.7 Å². The molecule has 9 heteroatoms. The second-order valence-corrected chi connectivity index (χ2v) is 8.01. The van der Waals surface area contributed by atoms with Gasteiger partial charge in [0.1, 0.15) is 18.2 Å². The molecule has 2 aromatic rings. The lowest BCUT2D eigenvalue weighted by molar-refractivity contribution is -0.137. The van der Waals surface area contributed by atoms with Crippen LogP contribution in [-0.4, -0.2) is 61.3 Å². The van der Waals surface area contributed by atoms with E-state index in [4.69, 9.17) is 9.47 Å². The summed E-state index contributed by atoms with van der Waals surface area (Å²) >= 11 is 0. The molecule has 0 radical (unpaired) electrons. The SMILES string of the molecule is O=C(c1ccc(OCC2CCCO2)cc1)N1CCCN(c2ccc(C(F)(F)F)cn2)CC1. The van der Waals surface area contributed by atoms with Gasteiger partial charge >= 0.3 is 6.18 Å². The number of ether oxygens (including phenoxy) is 2.